The summed E-state index contributed by atoms with van der Waals surface area (Å²) in [6.45, 7) is 8.61. The first-order chi connectivity index (χ1) is 19.9. The number of rotatable bonds is 24. The van der Waals surface area contributed by atoms with Crippen LogP contribution in [-0.4, -0.2) is 151 Å². The van der Waals surface area contributed by atoms with Crippen molar-refractivity contribution in [3.63, 3.8) is 0 Å². The molecule has 13 heteroatoms. The van der Waals surface area contributed by atoms with Gasteiger partial charge in [-0.05, 0) is 78.5 Å². The van der Waals surface area contributed by atoms with Crippen LogP contribution in [0, 0.1) is 0 Å². The molecule has 1 amide bonds. The van der Waals surface area contributed by atoms with E-state index in [1.54, 1.807) is 18.7 Å². The number of allylic oxidation sites excluding steroid dienone is 4. The van der Waals surface area contributed by atoms with E-state index in [0.29, 0.717) is 32.5 Å². The first-order valence-corrected chi connectivity index (χ1v) is 14.8. The van der Waals surface area contributed by atoms with Crippen molar-refractivity contribution in [3.8, 4) is 0 Å². The molecule has 0 saturated heterocycles. The Morgan fingerprint density at radius 1 is 0.837 bits per heavy atom. The molecule has 0 radical (unpaired) electrons. The van der Waals surface area contributed by atoms with Crippen LogP contribution >= 0.6 is 0 Å². The van der Waals surface area contributed by atoms with Crippen molar-refractivity contribution in [3.05, 3.63) is 24.3 Å². The molecule has 244 valence electrons. The average molecular weight is 639 g/mol. The second kappa shape index (κ2) is 31.9. The molecule has 0 spiro atoms. The molecular formula is C30H54CaN4O8. The first-order valence-electron chi connectivity index (χ1n) is 14.8. The van der Waals surface area contributed by atoms with E-state index >= 15 is 0 Å². The number of aliphatic imine (C=N–C) groups is 1. The molecule has 0 rings (SSSR count). The summed E-state index contributed by atoms with van der Waals surface area (Å²) < 4.78 is 0. The molecule has 0 bridgehead atoms. The van der Waals surface area contributed by atoms with E-state index in [2.05, 4.69) is 22.5 Å². The van der Waals surface area contributed by atoms with Gasteiger partial charge >= 0.3 is 43.7 Å². The fourth-order valence-corrected chi connectivity index (χ4v) is 3.85. The Labute approximate surface area is 287 Å². The van der Waals surface area contributed by atoms with Gasteiger partial charge < -0.3 is 40.6 Å². The van der Waals surface area contributed by atoms with Crippen molar-refractivity contribution in [1.82, 2.24) is 15.1 Å². The zero-order chi connectivity index (χ0) is 32.2. The zero-order valence-corrected chi connectivity index (χ0v) is 28.9. The number of nitrogens with one attached hydrogen (secondary N) is 1. The molecule has 0 aliphatic carbocycles. The van der Waals surface area contributed by atoms with Crippen LogP contribution in [0.1, 0.15) is 79.1 Å². The molecule has 0 aliphatic rings. The second-order valence-corrected chi connectivity index (χ2v) is 10.2. The Bertz CT molecular complexity index is 807. The van der Waals surface area contributed by atoms with Gasteiger partial charge in [-0.3, -0.25) is 19.4 Å². The summed E-state index contributed by atoms with van der Waals surface area (Å²) in [5.41, 5.74) is 0. The first kappa shape index (κ1) is 45.9. The second-order valence-electron chi connectivity index (χ2n) is 10.2. The number of carboxylic acid groups (broad SMARTS) is 2. The minimum absolute atomic E-state index is 0. The maximum atomic E-state index is 11.6. The topological polar surface area (TPSA) is 189 Å². The molecule has 0 aliphatic heterocycles. The Hall–Kier alpha value is -1.54. The minimum atomic E-state index is -1.20. The quantitative estimate of drug-likeness (QED) is 0.0367. The number of carbonyl (C=O) groups is 3. The van der Waals surface area contributed by atoms with Crippen LogP contribution in [0.2, 0.25) is 0 Å². The third-order valence-corrected chi connectivity index (χ3v) is 5.72. The van der Waals surface area contributed by atoms with Crippen molar-refractivity contribution in [1.29, 1.82) is 0 Å². The van der Waals surface area contributed by atoms with Crippen LogP contribution in [0.5, 0.6) is 0 Å². The van der Waals surface area contributed by atoms with Gasteiger partial charge in [0.05, 0.1) is 31.3 Å². The van der Waals surface area contributed by atoms with Crippen LogP contribution in [-0.2, 0) is 14.4 Å². The third-order valence-electron chi connectivity index (χ3n) is 5.72. The minimum Gasteiger partial charge on any atom is -0.862 e. The Morgan fingerprint density at radius 2 is 1.35 bits per heavy atom. The molecule has 2 atom stereocenters. The molecule has 0 heterocycles. The largest absolute Gasteiger partial charge is 2.00 e. The average Bonchev–Trinajstić information content (AvgIpc) is 2.87. The Morgan fingerprint density at radius 3 is 1.81 bits per heavy atom. The predicted molar refractivity (Wildman–Crippen MR) is 167 cm³/mol. The van der Waals surface area contributed by atoms with E-state index in [4.69, 9.17) is 5.11 Å². The zero-order valence-electron chi connectivity index (χ0n) is 26.7. The molecule has 0 aromatic carbocycles. The standard InChI is InChI=1S/2C15H28N2O4.Ca/c2*1-3-4-5-6-7-8-14(19)16-9-10-17(11-13(2)18)12-15(20)21;/h2*3-4,13,18H,5-12H2,1-2H3,(H,16,19)(H,20,21);/q;;+2/p-2/b2*4-3+;. The van der Waals surface area contributed by atoms with Gasteiger partial charge in [-0.15, -0.1) is 0 Å². The number of hydrogen-bond donors (Lipinski definition) is 4. The molecule has 4 N–H and O–H groups in total. The number of carboxylic acids is 2. The van der Waals surface area contributed by atoms with Crippen LogP contribution in [0.4, 0.5) is 0 Å². The van der Waals surface area contributed by atoms with E-state index in [9.17, 15) is 34.8 Å². The van der Waals surface area contributed by atoms with Gasteiger partial charge in [0, 0.05) is 45.7 Å². The van der Waals surface area contributed by atoms with E-state index in [-0.39, 0.29) is 82.3 Å². The Kier molecular flexibility index (Phi) is 34.0. The smallest absolute Gasteiger partial charge is 0.862 e. The molecule has 2 unspecified atom stereocenters. The van der Waals surface area contributed by atoms with E-state index in [1.165, 1.54) is 4.90 Å². The summed E-state index contributed by atoms with van der Waals surface area (Å²) >= 11 is 0. The summed E-state index contributed by atoms with van der Waals surface area (Å²) in [4.78, 5) is 39.9. The molecule has 0 saturated carbocycles. The SMILES string of the molecule is C/C=C/CCCCC(=O)NCCN(CC(=O)O)CC(C)O.C/C=C/CCCCC([O-])=NCCN(CC(=O)[O-])CC(C)O.[Ca+2]. The normalized spacial score (nSPS) is 13.1. The monoisotopic (exact) mass is 638 g/mol. The van der Waals surface area contributed by atoms with Gasteiger partial charge in [-0.1, -0.05) is 24.3 Å². The van der Waals surface area contributed by atoms with Crippen molar-refractivity contribution in [2.75, 3.05) is 52.4 Å². The van der Waals surface area contributed by atoms with Crippen molar-refractivity contribution < 1.29 is 39.9 Å². The van der Waals surface area contributed by atoms with Gasteiger partial charge in [-0.2, -0.15) is 0 Å². The number of unbranched alkanes of at least 4 members (excludes halogenated alkanes) is 4. The number of amides is 1. The van der Waals surface area contributed by atoms with Gasteiger partial charge in [-0.25, -0.2) is 0 Å². The van der Waals surface area contributed by atoms with Crippen molar-refractivity contribution >= 4 is 61.5 Å². The van der Waals surface area contributed by atoms with Gasteiger partial charge in [0.15, 0.2) is 0 Å². The summed E-state index contributed by atoms with van der Waals surface area (Å²) in [5.74, 6) is -2.30. The molecule has 0 aromatic heterocycles. The molecule has 43 heavy (non-hydrogen) atoms. The predicted octanol–water partition coefficient (Wildman–Crippen LogP) is -0.0599. The third kappa shape index (κ3) is 36.6. The van der Waals surface area contributed by atoms with Gasteiger partial charge in [0.2, 0.25) is 5.91 Å². The van der Waals surface area contributed by atoms with E-state index < -0.39 is 24.1 Å². The Balaban J connectivity index is -0.000000727. The fourth-order valence-electron chi connectivity index (χ4n) is 3.85. The summed E-state index contributed by atoms with van der Waals surface area (Å²) in [6, 6.07) is 0. The molecule has 0 fully saturated rings. The van der Waals surface area contributed by atoms with Crippen LogP contribution in [0.3, 0.4) is 0 Å². The van der Waals surface area contributed by atoms with Gasteiger partial charge in [0.25, 0.3) is 0 Å². The summed E-state index contributed by atoms with van der Waals surface area (Å²) in [5, 5.41) is 52.2. The molecule has 0 aromatic rings. The number of aliphatic carboxylic acids is 2. The van der Waals surface area contributed by atoms with Crippen molar-refractivity contribution in [2.24, 2.45) is 4.99 Å². The van der Waals surface area contributed by atoms with Gasteiger partial charge in [0.1, 0.15) is 0 Å². The maximum Gasteiger partial charge on any atom is 2.00 e. The van der Waals surface area contributed by atoms with E-state index in [0.717, 1.165) is 38.5 Å². The number of hydrogen-bond acceptors (Lipinski definition) is 10. The van der Waals surface area contributed by atoms with Crippen LogP contribution in [0.25, 0.3) is 0 Å². The van der Waals surface area contributed by atoms with Crippen molar-refractivity contribution in [2.45, 2.75) is 91.3 Å². The molecule has 12 nitrogen and oxygen atoms in total. The van der Waals surface area contributed by atoms with E-state index in [1.807, 2.05) is 26.0 Å². The fraction of sp³-hybridized carbons (Fsp3) is 0.733. The number of aliphatic hydroxyl groups excluding tert-OH is 2. The number of nitrogens with zero attached hydrogens (tertiary/aromatic N) is 3. The van der Waals surface area contributed by atoms with Crippen LogP contribution < -0.4 is 15.5 Å². The number of aliphatic hydroxyl groups is 2. The maximum absolute atomic E-state index is 11.6. The molecular weight excluding hydrogens is 584 g/mol. The number of carbonyl (C=O) groups excluding carboxylic acids is 2. The summed E-state index contributed by atoms with van der Waals surface area (Å²) in [7, 11) is 0. The summed E-state index contributed by atoms with van der Waals surface area (Å²) in [6.07, 6.45) is 13.4. The van der Waals surface area contributed by atoms with Crippen LogP contribution in [0.15, 0.2) is 29.3 Å².